The fourth-order valence-electron chi connectivity index (χ4n) is 2.22. The molecule has 0 radical (unpaired) electrons. The van der Waals surface area contributed by atoms with Gasteiger partial charge in [-0.1, -0.05) is 13.8 Å². The highest BCUT2D eigenvalue weighted by Crippen LogP contribution is 2.15. The van der Waals surface area contributed by atoms with Gasteiger partial charge in [0.1, 0.15) is 11.6 Å². The van der Waals surface area contributed by atoms with Gasteiger partial charge in [0.25, 0.3) is 0 Å². The molecular formula is C15H23F2NO. The molecule has 2 atom stereocenters. The Hall–Kier alpha value is -1.00. The molecule has 2 unspecified atom stereocenters. The van der Waals surface area contributed by atoms with Gasteiger partial charge in [-0.3, -0.25) is 0 Å². The fourth-order valence-corrected chi connectivity index (χ4v) is 2.22. The zero-order chi connectivity index (χ0) is 14.3. The Bertz CT molecular complexity index is 380. The van der Waals surface area contributed by atoms with Crippen molar-refractivity contribution < 1.29 is 13.5 Å². The van der Waals surface area contributed by atoms with Crippen molar-refractivity contribution in [1.82, 2.24) is 5.32 Å². The topological polar surface area (TPSA) is 21.3 Å². The van der Waals surface area contributed by atoms with Crippen LogP contribution in [-0.4, -0.2) is 25.8 Å². The first-order valence-corrected chi connectivity index (χ1v) is 6.82. The van der Waals surface area contributed by atoms with E-state index in [2.05, 4.69) is 12.2 Å². The van der Waals surface area contributed by atoms with Gasteiger partial charge < -0.3 is 10.1 Å². The quantitative estimate of drug-likeness (QED) is 0.783. The Morgan fingerprint density at radius 2 is 2.00 bits per heavy atom. The molecule has 0 aromatic heterocycles. The van der Waals surface area contributed by atoms with Gasteiger partial charge in [-0.25, -0.2) is 8.78 Å². The first-order chi connectivity index (χ1) is 9.12. The van der Waals surface area contributed by atoms with Crippen LogP contribution < -0.4 is 5.32 Å². The van der Waals surface area contributed by atoms with Gasteiger partial charge in [0.15, 0.2) is 0 Å². The molecular weight excluding hydrogens is 248 g/mol. The Morgan fingerprint density at radius 3 is 2.58 bits per heavy atom. The first-order valence-electron chi connectivity index (χ1n) is 6.82. The van der Waals surface area contributed by atoms with Crippen LogP contribution in [0.5, 0.6) is 0 Å². The van der Waals surface area contributed by atoms with Crippen molar-refractivity contribution in [2.24, 2.45) is 0 Å². The number of rotatable bonds is 8. The summed E-state index contributed by atoms with van der Waals surface area (Å²) in [4.78, 5) is 0. The highest BCUT2D eigenvalue weighted by Gasteiger charge is 2.21. The van der Waals surface area contributed by atoms with Crippen LogP contribution in [0, 0.1) is 11.6 Å². The van der Waals surface area contributed by atoms with Crippen LogP contribution in [0.1, 0.15) is 32.3 Å². The Morgan fingerprint density at radius 1 is 1.26 bits per heavy atom. The third kappa shape index (κ3) is 4.88. The highest BCUT2D eigenvalue weighted by atomic mass is 19.1. The van der Waals surface area contributed by atoms with E-state index in [0.717, 1.165) is 25.5 Å². The number of hydrogen-bond donors (Lipinski definition) is 1. The van der Waals surface area contributed by atoms with Crippen molar-refractivity contribution in [2.45, 2.75) is 45.3 Å². The minimum atomic E-state index is -0.406. The molecule has 0 fully saturated rings. The van der Waals surface area contributed by atoms with Crippen LogP contribution in [-0.2, 0) is 11.2 Å². The van der Waals surface area contributed by atoms with E-state index in [0.29, 0.717) is 12.0 Å². The lowest BCUT2D eigenvalue weighted by molar-refractivity contribution is 0.0651. The van der Waals surface area contributed by atoms with Crippen molar-refractivity contribution in [2.75, 3.05) is 13.7 Å². The molecule has 0 aliphatic carbocycles. The summed E-state index contributed by atoms with van der Waals surface area (Å²) in [5.41, 5.74) is 0.393. The maximum absolute atomic E-state index is 13.7. The SMILES string of the molecule is CCCNC(Cc1cc(F)ccc1F)C(CC)OC. The van der Waals surface area contributed by atoms with E-state index in [1.165, 1.54) is 12.1 Å². The predicted octanol–water partition coefficient (Wildman–Crippen LogP) is 3.30. The van der Waals surface area contributed by atoms with E-state index in [1.807, 2.05) is 6.92 Å². The fraction of sp³-hybridized carbons (Fsp3) is 0.600. The molecule has 1 aromatic rings. The summed E-state index contributed by atoms with van der Waals surface area (Å²) >= 11 is 0. The zero-order valence-corrected chi connectivity index (χ0v) is 11.9. The third-order valence-electron chi connectivity index (χ3n) is 3.26. The van der Waals surface area contributed by atoms with Crippen molar-refractivity contribution in [3.63, 3.8) is 0 Å². The molecule has 0 aliphatic heterocycles. The molecule has 0 saturated heterocycles. The maximum Gasteiger partial charge on any atom is 0.126 e. The molecule has 108 valence electrons. The van der Waals surface area contributed by atoms with Gasteiger partial charge in [-0.05, 0) is 49.6 Å². The Balaban J connectivity index is 2.83. The molecule has 1 aromatic carbocycles. The van der Waals surface area contributed by atoms with Crippen molar-refractivity contribution in [3.8, 4) is 0 Å². The van der Waals surface area contributed by atoms with Gasteiger partial charge in [0.2, 0.25) is 0 Å². The molecule has 0 heterocycles. The lowest BCUT2D eigenvalue weighted by Crippen LogP contribution is -2.42. The standard InChI is InChI=1S/C15H23F2NO/c1-4-8-18-14(15(5-2)19-3)10-11-9-12(16)6-7-13(11)17/h6-7,9,14-15,18H,4-5,8,10H2,1-3H3. The molecule has 0 amide bonds. The molecule has 0 spiro atoms. The second kappa shape index (κ2) is 8.23. The van der Waals surface area contributed by atoms with Crippen molar-refractivity contribution >= 4 is 0 Å². The molecule has 0 aliphatic rings. The predicted molar refractivity (Wildman–Crippen MR) is 73.2 cm³/mol. The smallest absolute Gasteiger partial charge is 0.126 e. The van der Waals surface area contributed by atoms with Crippen molar-refractivity contribution in [3.05, 3.63) is 35.4 Å². The van der Waals surface area contributed by atoms with Crippen LogP contribution >= 0.6 is 0 Å². The Labute approximate surface area is 114 Å². The number of halogens is 2. The summed E-state index contributed by atoms with van der Waals surface area (Å²) in [5, 5.41) is 3.35. The second-order valence-electron chi connectivity index (χ2n) is 4.68. The van der Waals surface area contributed by atoms with Gasteiger partial charge >= 0.3 is 0 Å². The van der Waals surface area contributed by atoms with Crippen LogP contribution in [0.2, 0.25) is 0 Å². The number of methoxy groups -OCH3 is 1. The minimum Gasteiger partial charge on any atom is -0.380 e. The largest absolute Gasteiger partial charge is 0.380 e. The lowest BCUT2D eigenvalue weighted by Gasteiger charge is -2.26. The number of hydrogen-bond acceptors (Lipinski definition) is 2. The van der Waals surface area contributed by atoms with E-state index >= 15 is 0 Å². The first kappa shape index (κ1) is 16.1. The molecule has 4 heteroatoms. The summed E-state index contributed by atoms with van der Waals surface area (Å²) < 4.78 is 32.3. The number of benzene rings is 1. The third-order valence-corrected chi connectivity index (χ3v) is 3.26. The summed E-state index contributed by atoms with van der Waals surface area (Å²) in [6, 6.07) is 3.57. The van der Waals surface area contributed by atoms with E-state index in [1.54, 1.807) is 7.11 Å². The molecule has 0 bridgehead atoms. The second-order valence-corrected chi connectivity index (χ2v) is 4.68. The van der Waals surface area contributed by atoms with Crippen LogP contribution in [0.15, 0.2) is 18.2 Å². The Kier molecular flexibility index (Phi) is 6.95. The summed E-state index contributed by atoms with van der Waals surface area (Å²) in [7, 11) is 1.65. The average molecular weight is 271 g/mol. The average Bonchev–Trinajstić information content (AvgIpc) is 2.41. The molecule has 1 N–H and O–H groups in total. The van der Waals surface area contributed by atoms with Gasteiger partial charge in [0.05, 0.1) is 6.10 Å². The van der Waals surface area contributed by atoms with Crippen LogP contribution in [0.3, 0.4) is 0 Å². The van der Waals surface area contributed by atoms with E-state index < -0.39 is 5.82 Å². The van der Waals surface area contributed by atoms with Gasteiger partial charge in [-0.2, -0.15) is 0 Å². The molecule has 0 saturated carbocycles. The zero-order valence-electron chi connectivity index (χ0n) is 11.9. The molecule has 2 nitrogen and oxygen atoms in total. The van der Waals surface area contributed by atoms with Gasteiger partial charge in [-0.15, -0.1) is 0 Å². The normalized spacial score (nSPS) is 14.4. The summed E-state index contributed by atoms with van der Waals surface area (Å²) in [5.74, 6) is -0.772. The van der Waals surface area contributed by atoms with E-state index in [4.69, 9.17) is 4.74 Å². The summed E-state index contributed by atoms with van der Waals surface area (Å²) in [6.45, 7) is 4.93. The molecule has 19 heavy (non-hydrogen) atoms. The highest BCUT2D eigenvalue weighted by molar-refractivity contribution is 5.20. The van der Waals surface area contributed by atoms with Crippen LogP contribution in [0.4, 0.5) is 8.78 Å². The number of nitrogens with one attached hydrogen (secondary N) is 1. The van der Waals surface area contributed by atoms with E-state index in [9.17, 15) is 8.78 Å². The molecule has 1 rings (SSSR count). The maximum atomic E-state index is 13.7. The number of ether oxygens (including phenoxy) is 1. The monoisotopic (exact) mass is 271 g/mol. The van der Waals surface area contributed by atoms with Gasteiger partial charge in [0, 0.05) is 13.2 Å². The van der Waals surface area contributed by atoms with Crippen LogP contribution in [0.25, 0.3) is 0 Å². The van der Waals surface area contributed by atoms with Crippen molar-refractivity contribution in [1.29, 1.82) is 0 Å². The lowest BCUT2D eigenvalue weighted by atomic mass is 9.99. The van der Waals surface area contributed by atoms with E-state index in [-0.39, 0.29) is 18.0 Å². The minimum absolute atomic E-state index is 0.00535. The summed E-state index contributed by atoms with van der Waals surface area (Å²) in [6.07, 6.45) is 2.24.